The molecule has 1 aromatic carbocycles. The molecule has 0 aromatic heterocycles. The predicted molar refractivity (Wildman–Crippen MR) is 84.9 cm³/mol. The van der Waals surface area contributed by atoms with Gasteiger partial charge in [0.15, 0.2) is 5.78 Å². The lowest BCUT2D eigenvalue weighted by atomic mass is 9.83. The van der Waals surface area contributed by atoms with Gasteiger partial charge in [-0.3, -0.25) is 9.79 Å². The second-order valence-corrected chi connectivity index (χ2v) is 5.78. The van der Waals surface area contributed by atoms with Crippen LogP contribution in [0.25, 0.3) is 0 Å². The Hall–Kier alpha value is -2.01. The van der Waals surface area contributed by atoms with Gasteiger partial charge in [-0.15, -0.1) is 0 Å². The minimum absolute atomic E-state index is 0.0687. The molecule has 5 heteroatoms. The van der Waals surface area contributed by atoms with Crippen LogP contribution in [-0.2, 0) is 4.79 Å². The normalized spacial score (nSPS) is 19.5. The van der Waals surface area contributed by atoms with Crippen LogP contribution in [-0.4, -0.2) is 49.2 Å². The van der Waals surface area contributed by atoms with Gasteiger partial charge in [0.25, 0.3) is 0 Å². The van der Waals surface area contributed by atoms with Crippen molar-refractivity contribution in [1.82, 2.24) is 4.90 Å². The zero-order valence-corrected chi connectivity index (χ0v) is 12.9. The van der Waals surface area contributed by atoms with Gasteiger partial charge in [0.2, 0.25) is 0 Å². The van der Waals surface area contributed by atoms with E-state index in [1.54, 1.807) is 12.1 Å². The third kappa shape index (κ3) is 4.24. The second-order valence-electron chi connectivity index (χ2n) is 5.78. The number of hydrogen-bond acceptors (Lipinski definition) is 4. The smallest absolute Gasteiger partial charge is 0.168 e. The van der Waals surface area contributed by atoms with E-state index >= 15 is 0 Å². The Morgan fingerprint density at radius 1 is 1.32 bits per heavy atom. The maximum absolute atomic E-state index is 13.0. The fourth-order valence-corrected chi connectivity index (χ4v) is 2.44. The average Bonchev–Trinajstić information content (AvgIpc) is 2.46. The van der Waals surface area contributed by atoms with Crippen molar-refractivity contribution in [2.75, 3.05) is 27.2 Å². The van der Waals surface area contributed by atoms with Crippen molar-refractivity contribution in [1.29, 1.82) is 0 Å². The van der Waals surface area contributed by atoms with Crippen molar-refractivity contribution < 1.29 is 14.3 Å². The number of likely N-dealkylation sites (N-methyl/N-ethyl adjacent to an activating group) is 1. The van der Waals surface area contributed by atoms with E-state index in [9.17, 15) is 14.3 Å². The largest absolute Gasteiger partial charge is 0.511 e. The number of aliphatic hydroxyl groups is 1. The fourth-order valence-electron chi connectivity index (χ4n) is 2.44. The van der Waals surface area contributed by atoms with Crippen LogP contribution in [0.5, 0.6) is 0 Å². The van der Waals surface area contributed by atoms with Crippen molar-refractivity contribution in [3.63, 3.8) is 0 Å². The van der Waals surface area contributed by atoms with Crippen LogP contribution in [0, 0.1) is 5.82 Å². The monoisotopic (exact) mass is 304 g/mol. The summed E-state index contributed by atoms with van der Waals surface area (Å²) in [6, 6.07) is 6.07. The number of carbonyl (C=O) groups excluding carboxylic acids is 1. The van der Waals surface area contributed by atoms with Crippen LogP contribution in [0.4, 0.5) is 4.39 Å². The molecule has 0 amide bonds. The van der Waals surface area contributed by atoms with Crippen molar-refractivity contribution in [2.45, 2.75) is 18.8 Å². The summed E-state index contributed by atoms with van der Waals surface area (Å²) < 4.78 is 13.0. The van der Waals surface area contributed by atoms with Gasteiger partial charge >= 0.3 is 0 Å². The van der Waals surface area contributed by atoms with Gasteiger partial charge in [0.05, 0.1) is 12.1 Å². The Bertz CT molecular complexity index is 591. The summed E-state index contributed by atoms with van der Waals surface area (Å²) in [5.41, 5.74) is 1.17. The number of ketones is 1. The minimum atomic E-state index is -0.306. The van der Waals surface area contributed by atoms with Crippen LogP contribution < -0.4 is 0 Å². The zero-order valence-electron chi connectivity index (χ0n) is 12.9. The highest BCUT2D eigenvalue weighted by atomic mass is 19.1. The number of aliphatic imine (C=N–C) groups is 1. The fraction of sp³-hybridized carbons (Fsp3) is 0.412. The molecule has 0 fully saturated rings. The molecule has 0 heterocycles. The number of allylic oxidation sites excluding steroid dienone is 2. The minimum Gasteiger partial charge on any atom is -0.511 e. The molecule has 0 saturated heterocycles. The summed E-state index contributed by atoms with van der Waals surface area (Å²) in [4.78, 5) is 18.4. The van der Waals surface area contributed by atoms with Gasteiger partial charge < -0.3 is 10.0 Å². The topological polar surface area (TPSA) is 52.9 Å². The van der Waals surface area contributed by atoms with Crippen molar-refractivity contribution in [2.24, 2.45) is 4.99 Å². The van der Waals surface area contributed by atoms with E-state index in [4.69, 9.17) is 0 Å². The summed E-state index contributed by atoms with van der Waals surface area (Å²) in [7, 11) is 3.90. The Morgan fingerprint density at radius 2 is 2.00 bits per heavy atom. The number of halogens is 1. The maximum Gasteiger partial charge on any atom is 0.168 e. The van der Waals surface area contributed by atoms with Crippen molar-refractivity contribution in [3.8, 4) is 0 Å². The first kappa shape index (κ1) is 16.4. The Labute approximate surface area is 130 Å². The van der Waals surface area contributed by atoms with E-state index < -0.39 is 0 Å². The Kier molecular flexibility index (Phi) is 5.44. The van der Waals surface area contributed by atoms with Crippen molar-refractivity contribution in [3.05, 3.63) is 47.0 Å². The van der Waals surface area contributed by atoms with Crippen LogP contribution in [0.15, 0.2) is 40.6 Å². The van der Waals surface area contributed by atoms with Gasteiger partial charge in [0.1, 0.15) is 11.6 Å². The number of aliphatic hydroxyl groups excluding tert-OH is 1. The highest BCUT2D eigenvalue weighted by Gasteiger charge is 2.27. The van der Waals surface area contributed by atoms with E-state index in [1.165, 1.54) is 18.3 Å². The molecule has 0 bridgehead atoms. The Balaban J connectivity index is 2.06. The number of benzene rings is 1. The third-order valence-corrected chi connectivity index (χ3v) is 3.72. The summed E-state index contributed by atoms with van der Waals surface area (Å²) in [5.74, 6) is -0.461. The summed E-state index contributed by atoms with van der Waals surface area (Å²) in [6.07, 6.45) is 2.17. The van der Waals surface area contributed by atoms with Crippen molar-refractivity contribution >= 4 is 12.0 Å². The lowest BCUT2D eigenvalue weighted by Gasteiger charge is -2.22. The van der Waals surface area contributed by atoms with Crippen LogP contribution in [0.3, 0.4) is 0 Å². The predicted octanol–water partition coefficient (Wildman–Crippen LogP) is 2.72. The lowest BCUT2D eigenvalue weighted by molar-refractivity contribution is -0.116. The van der Waals surface area contributed by atoms with Crippen LogP contribution in [0.1, 0.15) is 24.3 Å². The highest BCUT2D eigenvalue weighted by molar-refractivity contribution is 6.14. The number of rotatable bonds is 5. The van der Waals surface area contributed by atoms with E-state index in [0.29, 0.717) is 25.0 Å². The first-order chi connectivity index (χ1) is 10.5. The van der Waals surface area contributed by atoms with Crippen LogP contribution >= 0.6 is 0 Å². The molecular formula is C17H21FN2O2. The molecule has 1 aromatic rings. The van der Waals surface area contributed by atoms with Crippen LogP contribution in [0.2, 0.25) is 0 Å². The molecule has 0 aliphatic heterocycles. The standard InChI is InChI=1S/C17H21FN2O2/c1-20(2)8-7-19-11-15-16(21)9-13(10-17(15)22)12-3-5-14(18)6-4-12/h3-6,11,13,21H,7-10H2,1-2H3. The molecule has 4 nitrogen and oxygen atoms in total. The van der Waals surface area contributed by atoms with E-state index in [2.05, 4.69) is 4.99 Å². The van der Waals surface area contributed by atoms with E-state index in [1.807, 2.05) is 19.0 Å². The Morgan fingerprint density at radius 3 is 2.59 bits per heavy atom. The van der Waals surface area contributed by atoms with Gasteiger partial charge in [-0.05, 0) is 37.7 Å². The second kappa shape index (κ2) is 7.31. The lowest BCUT2D eigenvalue weighted by Crippen LogP contribution is -2.20. The molecular weight excluding hydrogens is 283 g/mol. The molecule has 1 N–H and O–H groups in total. The summed E-state index contributed by atoms with van der Waals surface area (Å²) in [6.45, 7) is 1.37. The number of nitrogens with zero attached hydrogens (tertiary/aromatic N) is 2. The van der Waals surface area contributed by atoms with Gasteiger partial charge in [0, 0.05) is 25.6 Å². The SMILES string of the molecule is CN(C)CCN=CC1=C(O)CC(c2ccc(F)cc2)CC1=O. The molecule has 1 aliphatic carbocycles. The third-order valence-electron chi connectivity index (χ3n) is 3.72. The highest BCUT2D eigenvalue weighted by Crippen LogP contribution is 2.33. The molecule has 118 valence electrons. The van der Waals surface area contributed by atoms with Gasteiger partial charge in [-0.2, -0.15) is 0 Å². The number of Topliss-reactive ketones (excluding diaryl/α,β-unsaturated/α-hetero) is 1. The molecule has 1 atom stereocenters. The summed E-state index contributed by atoms with van der Waals surface area (Å²) >= 11 is 0. The first-order valence-electron chi connectivity index (χ1n) is 7.32. The molecule has 2 rings (SSSR count). The molecule has 22 heavy (non-hydrogen) atoms. The quantitative estimate of drug-likeness (QED) is 0.851. The number of hydrogen-bond donors (Lipinski definition) is 1. The molecule has 0 radical (unpaired) electrons. The van der Waals surface area contributed by atoms with Gasteiger partial charge in [-0.25, -0.2) is 4.39 Å². The average molecular weight is 304 g/mol. The molecule has 0 spiro atoms. The molecule has 1 aliphatic rings. The van der Waals surface area contributed by atoms with Gasteiger partial charge in [-0.1, -0.05) is 12.1 Å². The molecule has 0 saturated carbocycles. The van der Waals surface area contributed by atoms with E-state index in [0.717, 1.165) is 12.1 Å². The van der Waals surface area contributed by atoms with E-state index in [-0.39, 0.29) is 23.3 Å². The zero-order chi connectivity index (χ0) is 16.1. The summed E-state index contributed by atoms with van der Waals surface area (Å²) in [5, 5.41) is 10.1. The number of carbonyl (C=O) groups is 1. The first-order valence-corrected chi connectivity index (χ1v) is 7.32. The maximum atomic E-state index is 13.0. The molecule has 1 unspecified atom stereocenters.